The molecule has 594 valence electrons. The fraction of sp³-hybridized carbons (Fsp3) is 0.951. The van der Waals surface area contributed by atoms with Crippen molar-refractivity contribution in [2.24, 2.45) is 17.8 Å². The van der Waals surface area contributed by atoms with Crippen molar-refractivity contribution in [3.63, 3.8) is 0 Å². The van der Waals surface area contributed by atoms with Crippen LogP contribution in [0, 0.1) is 17.8 Å². The molecule has 0 aromatic heterocycles. The Morgan fingerprint density at radius 1 is 0.270 bits per heavy atom. The van der Waals surface area contributed by atoms with E-state index in [9.17, 15) is 43.2 Å². The Balaban J connectivity index is 5.21. The van der Waals surface area contributed by atoms with E-state index < -0.39 is 97.5 Å². The number of ether oxygens (including phenoxy) is 4. The smallest absolute Gasteiger partial charge is 0.462 e. The highest BCUT2D eigenvalue weighted by molar-refractivity contribution is 7.47. The number of carbonyl (C=O) groups is 4. The predicted octanol–water partition coefficient (Wildman–Crippen LogP) is 24.1. The van der Waals surface area contributed by atoms with Gasteiger partial charge in [0.1, 0.15) is 19.3 Å². The quantitative estimate of drug-likeness (QED) is 0.0222. The molecule has 0 fully saturated rings. The van der Waals surface area contributed by atoms with Crippen LogP contribution in [0.1, 0.15) is 421 Å². The molecule has 0 aromatic rings. The number of unbranched alkanes of at least 4 members (excludes halogenated alkanes) is 47. The first kappa shape index (κ1) is 98.1. The molecule has 0 spiro atoms. The average Bonchev–Trinajstić information content (AvgIpc) is 0.931. The lowest BCUT2D eigenvalue weighted by molar-refractivity contribution is -0.161. The minimum absolute atomic E-state index is 0.105. The number of carbonyl (C=O) groups excluding carboxylic acids is 4. The number of esters is 4. The SMILES string of the molecule is CCCCCCCCCCCCCCCCCCCCCCCCC(=O)O[C@H](COC(=O)CCCCCCCCCCCCCC(C)C)COP(=O)(O)OC[C@@H](O)COP(=O)(O)OC[C@@H](COC(=O)CCCCCCCCCCCC(C)C)OC(=O)CCCCCCCCCCCC(C)C. The molecule has 5 atom stereocenters. The highest BCUT2D eigenvalue weighted by Gasteiger charge is 2.30. The van der Waals surface area contributed by atoms with Gasteiger partial charge in [-0.3, -0.25) is 37.3 Å². The number of phosphoric ester groups is 2. The zero-order chi connectivity index (χ0) is 73.7. The monoisotopic (exact) mass is 1470 g/mol. The summed E-state index contributed by atoms with van der Waals surface area (Å²) in [5.41, 5.74) is 0. The van der Waals surface area contributed by atoms with Crippen LogP contribution in [0.2, 0.25) is 0 Å². The highest BCUT2D eigenvalue weighted by Crippen LogP contribution is 2.45. The summed E-state index contributed by atoms with van der Waals surface area (Å²) >= 11 is 0. The number of hydrogen-bond acceptors (Lipinski definition) is 15. The molecule has 0 heterocycles. The maximum atomic E-state index is 13.1. The first-order valence-corrected chi connectivity index (χ1v) is 44.8. The summed E-state index contributed by atoms with van der Waals surface area (Å²) in [4.78, 5) is 73.0. The summed E-state index contributed by atoms with van der Waals surface area (Å²) in [6, 6.07) is 0. The lowest BCUT2D eigenvalue weighted by atomic mass is 10.0. The second-order valence-corrected chi connectivity index (χ2v) is 33.5. The van der Waals surface area contributed by atoms with Crippen molar-refractivity contribution < 1.29 is 80.2 Å². The molecule has 0 aliphatic carbocycles. The molecule has 100 heavy (non-hydrogen) atoms. The van der Waals surface area contributed by atoms with Crippen LogP contribution in [0.15, 0.2) is 0 Å². The second-order valence-electron chi connectivity index (χ2n) is 30.6. The molecule has 0 aliphatic heterocycles. The van der Waals surface area contributed by atoms with Crippen molar-refractivity contribution in [3.05, 3.63) is 0 Å². The van der Waals surface area contributed by atoms with Crippen LogP contribution < -0.4 is 0 Å². The van der Waals surface area contributed by atoms with Gasteiger partial charge in [0.05, 0.1) is 26.4 Å². The van der Waals surface area contributed by atoms with E-state index in [2.05, 4.69) is 48.5 Å². The molecule has 0 aliphatic rings. The van der Waals surface area contributed by atoms with E-state index in [1.807, 2.05) is 0 Å². The molecule has 0 saturated heterocycles. The maximum Gasteiger partial charge on any atom is 0.472 e. The van der Waals surface area contributed by atoms with Crippen LogP contribution in [-0.4, -0.2) is 96.7 Å². The number of phosphoric acid groups is 2. The van der Waals surface area contributed by atoms with Crippen molar-refractivity contribution in [1.29, 1.82) is 0 Å². The lowest BCUT2D eigenvalue weighted by Gasteiger charge is -2.21. The van der Waals surface area contributed by atoms with Crippen LogP contribution in [-0.2, 0) is 65.4 Å². The average molecular weight is 1470 g/mol. The van der Waals surface area contributed by atoms with Crippen LogP contribution in [0.25, 0.3) is 0 Å². The van der Waals surface area contributed by atoms with Crippen molar-refractivity contribution in [2.75, 3.05) is 39.6 Å². The summed E-state index contributed by atoms with van der Waals surface area (Å²) in [6.45, 7) is 11.9. The third-order valence-electron chi connectivity index (χ3n) is 18.9. The van der Waals surface area contributed by atoms with E-state index in [0.717, 1.165) is 108 Å². The topological polar surface area (TPSA) is 237 Å². The van der Waals surface area contributed by atoms with Crippen molar-refractivity contribution >= 4 is 39.5 Å². The minimum atomic E-state index is -4.96. The third kappa shape index (κ3) is 74.3. The van der Waals surface area contributed by atoms with Gasteiger partial charge in [0.25, 0.3) is 0 Å². The van der Waals surface area contributed by atoms with Gasteiger partial charge in [0.15, 0.2) is 12.2 Å². The molecule has 2 unspecified atom stereocenters. The number of aliphatic hydroxyl groups excluding tert-OH is 1. The Bertz CT molecular complexity index is 1940. The maximum absolute atomic E-state index is 13.1. The molecule has 0 radical (unpaired) electrons. The van der Waals surface area contributed by atoms with Gasteiger partial charge in [-0.15, -0.1) is 0 Å². The Hall–Kier alpha value is -1.94. The molecule has 0 rings (SSSR count). The van der Waals surface area contributed by atoms with Crippen LogP contribution >= 0.6 is 15.6 Å². The summed E-state index contributed by atoms with van der Waals surface area (Å²) < 4.78 is 68.7. The second kappa shape index (κ2) is 71.3. The zero-order valence-electron chi connectivity index (χ0n) is 65.7. The van der Waals surface area contributed by atoms with Gasteiger partial charge in [-0.1, -0.05) is 370 Å². The first-order chi connectivity index (χ1) is 48.2. The summed E-state index contributed by atoms with van der Waals surface area (Å²) in [5.74, 6) is 0.137. The minimum Gasteiger partial charge on any atom is -0.462 e. The van der Waals surface area contributed by atoms with E-state index in [1.54, 1.807) is 0 Å². The van der Waals surface area contributed by atoms with Gasteiger partial charge < -0.3 is 33.8 Å². The van der Waals surface area contributed by atoms with E-state index in [-0.39, 0.29) is 25.7 Å². The molecular formula is C81H158O17P2. The van der Waals surface area contributed by atoms with Crippen molar-refractivity contribution in [2.45, 2.75) is 439 Å². The summed E-state index contributed by atoms with van der Waals surface area (Å²) in [5, 5.41) is 10.6. The molecule has 0 aromatic carbocycles. The number of rotatable bonds is 79. The molecule has 3 N–H and O–H groups in total. The van der Waals surface area contributed by atoms with E-state index in [1.165, 1.54) is 231 Å². The molecule has 0 saturated carbocycles. The summed E-state index contributed by atoms with van der Waals surface area (Å²) in [7, 11) is -9.92. The van der Waals surface area contributed by atoms with Crippen LogP contribution in [0.4, 0.5) is 0 Å². The van der Waals surface area contributed by atoms with Gasteiger partial charge in [-0.2, -0.15) is 0 Å². The van der Waals surface area contributed by atoms with Crippen molar-refractivity contribution in [3.8, 4) is 0 Å². The highest BCUT2D eigenvalue weighted by atomic mass is 31.2. The fourth-order valence-corrected chi connectivity index (χ4v) is 14.1. The van der Waals surface area contributed by atoms with E-state index in [4.69, 9.17) is 37.0 Å². The molecule has 0 bridgehead atoms. The van der Waals surface area contributed by atoms with Gasteiger partial charge in [0, 0.05) is 25.7 Å². The van der Waals surface area contributed by atoms with E-state index >= 15 is 0 Å². The van der Waals surface area contributed by atoms with Gasteiger partial charge in [0.2, 0.25) is 0 Å². The largest absolute Gasteiger partial charge is 0.472 e. The third-order valence-corrected chi connectivity index (χ3v) is 20.8. The molecule has 17 nitrogen and oxygen atoms in total. The number of hydrogen-bond donors (Lipinski definition) is 3. The van der Waals surface area contributed by atoms with Gasteiger partial charge >= 0.3 is 39.5 Å². The lowest BCUT2D eigenvalue weighted by Crippen LogP contribution is -2.30. The zero-order valence-corrected chi connectivity index (χ0v) is 67.5. The first-order valence-electron chi connectivity index (χ1n) is 41.8. The van der Waals surface area contributed by atoms with Crippen molar-refractivity contribution in [1.82, 2.24) is 0 Å². The predicted molar refractivity (Wildman–Crippen MR) is 409 cm³/mol. The van der Waals surface area contributed by atoms with Crippen LogP contribution in [0.3, 0.4) is 0 Å². The van der Waals surface area contributed by atoms with Gasteiger partial charge in [-0.25, -0.2) is 9.13 Å². The van der Waals surface area contributed by atoms with Crippen LogP contribution in [0.5, 0.6) is 0 Å². The molecule has 0 amide bonds. The normalized spacial score (nSPS) is 14.0. The Morgan fingerprint density at radius 2 is 0.460 bits per heavy atom. The Morgan fingerprint density at radius 3 is 0.680 bits per heavy atom. The van der Waals surface area contributed by atoms with Gasteiger partial charge in [-0.05, 0) is 43.4 Å². The number of aliphatic hydroxyl groups is 1. The molecule has 19 heteroatoms. The molecular weight excluding hydrogens is 1310 g/mol. The Kier molecular flexibility index (Phi) is 69.9. The fourth-order valence-electron chi connectivity index (χ4n) is 12.5. The summed E-state index contributed by atoms with van der Waals surface area (Å²) in [6.07, 6.45) is 59.8. The Labute approximate surface area is 613 Å². The van der Waals surface area contributed by atoms with E-state index in [0.29, 0.717) is 25.7 Å². The standard InChI is InChI=1S/C81H158O17P2/c1-8-9-10-11-12-13-14-15-16-17-18-19-20-21-22-23-24-27-35-43-50-57-64-80(85)97-76(68-91-78(83)62-55-48-41-34-28-25-26-31-38-45-52-59-72(2)3)70-95-99(87,88)93-66-75(82)67-94-100(89,90)96-71-77(98-81(86)65-58-51-44-37-30-33-40-47-54-61-74(6)7)69-92-79(84)63-56-49-42-36-29-32-39-46-53-60-73(4)5/h72-77,82H,8-71H2,1-7H3,(H,87,88)(H,89,90)/t75-,76-,77-/m1/s1.